The molecule has 0 spiro atoms. The lowest BCUT2D eigenvalue weighted by molar-refractivity contribution is 0.562. The van der Waals surface area contributed by atoms with Gasteiger partial charge in [0.15, 0.2) is 0 Å². The Morgan fingerprint density at radius 1 is 1.10 bits per heavy atom. The summed E-state index contributed by atoms with van der Waals surface area (Å²) < 4.78 is 0. The number of para-hydroxylation sites is 1. The summed E-state index contributed by atoms with van der Waals surface area (Å²) in [6, 6.07) is 14.1. The second-order valence-corrected chi connectivity index (χ2v) is 4.85. The third kappa shape index (κ3) is 3.32. The van der Waals surface area contributed by atoms with E-state index in [0.717, 1.165) is 16.9 Å². The van der Waals surface area contributed by atoms with Gasteiger partial charge in [-0.15, -0.1) is 0 Å². The summed E-state index contributed by atoms with van der Waals surface area (Å²) in [5.41, 5.74) is 3.03. The van der Waals surface area contributed by atoms with E-state index in [4.69, 9.17) is 0 Å². The van der Waals surface area contributed by atoms with Crippen LogP contribution in [-0.4, -0.2) is 20.0 Å². The van der Waals surface area contributed by atoms with Gasteiger partial charge < -0.3 is 5.32 Å². The van der Waals surface area contributed by atoms with Gasteiger partial charge >= 0.3 is 0 Å². The molecule has 1 N–H and O–H groups in total. The smallest absolute Gasteiger partial charge is 0.0969 e. The van der Waals surface area contributed by atoms with Crippen molar-refractivity contribution >= 4 is 0 Å². The maximum Gasteiger partial charge on any atom is 0.0969 e. The van der Waals surface area contributed by atoms with E-state index in [2.05, 4.69) is 33.5 Å². The largest absolute Gasteiger partial charge is 0.304 e. The van der Waals surface area contributed by atoms with Crippen molar-refractivity contribution < 1.29 is 0 Å². The van der Waals surface area contributed by atoms with E-state index in [1.807, 2.05) is 42.6 Å². The molecule has 0 fully saturated rings. The zero-order valence-electron chi connectivity index (χ0n) is 11.8. The van der Waals surface area contributed by atoms with E-state index < -0.39 is 0 Å². The topological polar surface area (TPSA) is 55.6 Å². The van der Waals surface area contributed by atoms with E-state index in [-0.39, 0.29) is 6.04 Å². The summed E-state index contributed by atoms with van der Waals surface area (Å²) >= 11 is 0. The third-order valence-corrected chi connectivity index (χ3v) is 3.30. The van der Waals surface area contributed by atoms with Crippen LogP contribution in [-0.2, 0) is 6.54 Å². The zero-order valence-corrected chi connectivity index (χ0v) is 11.8. The van der Waals surface area contributed by atoms with Gasteiger partial charge in [0.05, 0.1) is 17.6 Å². The van der Waals surface area contributed by atoms with E-state index in [1.54, 1.807) is 17.2 Å². The third-order valence-electron chi connectivity index (χ3n) is 3.30. The number of benzene rings is 1. The Kier molecular flexibility index (Phi) is 4.02. The molecule has 0 radical (unpaired) electrons. The second kappa shape index (κ2) is 6.28. The maximum absolute atomic E-state index is 4.47. The van der Waals surface area contributed by atoms with E-state index in [9.17, 15) is 0 Å². The van der Waals surface area contributed by atoms with Crippen LogP contribution in [0.1, 0.15) is 24.2 Å². The molecule has 2 heterocycles. The molecule has 0 bridgehead atoms. The van der Waals surface area contributed by atoms with Crippen LogP contribution >= 0.6 is 0 Å². The fourth-order valence-electron chi connectivity index (χ4n) is 2.07. The molecule has 0 aliphatic heterocycles. The van der Waals surface area contributed by atoms with Gasteiger partial charge in [-0.05, 0) is 30.7 Å². The molecular formula is C16H17N5. The number of hydrogen-bond donors (Lipinski definition) is 1. The van der Waals surface area contributed by atoms with Crippen LogP contribution in [0, 0.1) is 0 Å². The highest BCUT2D eigenvalue weighted by Gasteiger charge is 2.07. The fraction of sp³-hybridized carbons (Fsp3) is 0.188. The van der Waals surface area contributed by atoms with E-state index >= 15 is 0 Å². The van der Waals surface area contributed by atoms with Crippen molar-refractivity contribution in [2.75, 3.05) is 0 Å². The van der Waals surface area contributed by atoms with Gasteiger partial charge in [-0.25, -0.2) is 0 Å². The van der Waals surface area contributed by atoms with Gasteiger partial charge in [-0.2, -0.15) is 15.0 Å². The molecule has 21 heavy (non-hydrogen) atoms. The quantitative estimate of drug-likeness (QED) is 0.779. The average molecular weight is 279 g/mol. The SMILES string of the molecule is C[C@@H](NCc1cnn(-c2ccccc2)n1)c1cccnc1. The lowest BCUT2D eigenvalue weighted by Crippen LogP contribution is -2.18. The van der Waals surface area contributed by atoms with Gasteiger partial charge in [0.1, 0.15) is 0 Å². The number of pyridine rings is 1. The Labute approximate surface area is 123 Å². The average Bonchev–Trinajstić information content (AvgIpc) is 3.03. The zero-order chi connectivity index (χ0) is 14.5. The predicted octanol–water partition coefficient (Wildman–Crippen LogP) is 2.51. The first-order valence-electron chi connectivity index (χ1n) is 6.93. The molecule has 0 saturated carbocycles. The molecule has 106 valence electrons. The minimum atomic E-state index is 0.223. The highest BCUT2D eigenvalue weighted by Crippen LogP contribution is 2.11. The normalized spacial score (nSPS) is 12.2. The van der Waals surface area contributed by atoms with Crippen LogP contribution in [0.15, 0.2) is 61.1 Å². The molecule has 1 aromatic carbocycles. The first-order chi connectivity index (χ1) is 10.3. The molecule has 0 aliphatic carbocycles. The van der Waals surface area contributed by atoms with E-state index in [0.29, 0.717) is 6.54 Å². The van der Waals surface area contributed by atoms with Crippen molar-refractivity contribution in [3.63, 3.8) is 0 Å². The van der Waals surface area contributed by atoms with Crippen LogP contribution in [0.25, 0.3) is 5.69 Å². The number of hydrogen-bond acceptors (Lipinski definition) is 4. The number of nitrogens with zero attached hydrogens (tertiary/aromatic N) is 4. The molecule has 0 aliphatic rings. The summed E-state index contributed by atoms with van der Waals surface area (Å²) in [6.07, 6.45) is 5.44. The monoisotopic (exact) mass is 279 g/mol. The van der Waals surface area contributed by atoms with Gasteiger partial charge in [-0.1, -0.05) is 24.3 Å². The predicted molar refractivity (Wildman–Crippen MR) is 80.9 cm³/mol. The molecule has 1 atom stereocenters. The standard InChI is InChI=1S/C16H17N5/c1-13(14-6-5-9-17-10-14)18-11-15-12-19-21(20-15)16-7-3-2-4-8-16/h2-10,12-13,18H,11H2,1H3/t13-/m1/s1. The molecule has 2 aromatic heterocycles. The van der Waals surface area contributed by atoms with Crippen LogP contribution in [0.3, 0.4) is 0 Å². The van der Waals surface area contributed by atoms with Crippen LogP contribution in [0.4, 0.5) is 0 Å². The van der Waals surface area contributed by atoms with Crippen molar-refractivity contribution in [2.45, 2.75) is 19.5 Å². The number of rotatable bonds is 5. The Balaban J connectivity index is 1.63. The summed E-state index contributed by atoms with van der Waals surface area (Å²) in [5.74, 6) is 0. The van der Waals surface area contributed by atoms with Crippen LogP contribution < -0.4 is 5.32 Å². The number of nitrogens with one attached hydrogen (secondary N) is 1. The Morgan fingerprint density at radius 3 is 2.71 bits per heavy atom. The molecule has 5 nitrogen and oxygen atoms in total. The summed E-state index contributed by atoms with van der Waals surface area (Å²) in [5, 5.41) is 12.2. The second-order valence-electron chi connectivity index (χ2n) is 4.85. The molecule has 0 unspecified atom stereocenters. The highest BCUT2D eigenvalue weighted by molar-refractivity contribution is 5.28. The summed E-state index contributed by atoms with van der Waals surface area (Å²) in [6.45, 7) is 2.78. The van der Waals surface area contributed by atoms with Crippen molar-refractivity contribution in [1.29, 1.82) is 0 Å². The van der Waals surface area contributed by atoms with Crippen molar-refractivity contribution in [1.82, 2.24) is 25.3 Å². The lowest BCUT2D eigenvalue weighted by atomic mass is 10.1. The van der Waals surface area contributed by atoms with Crippen LogP contribution in [0.2, 0.25) is 0 Å². The highest BCUT2D eigenvalue weighted by atomic mass is 15.5. The molecule has 0 saturated heterocycles. The molecule has 5 heteroatoms. The first kappa shape index (κ1) is 13.5. The Morgan fingerprint density at radius 2 is 1.95 bits per heavy atom. The van der Waals surface area contributed by atoms with Gasteiger partial charge in [0.25, 0.3) is 0 Å². The first-order valence-corrected chi connectivity index (χ1v) is 6.93. The van der Waals surface area contributed by atoms with Crippen molar-refractivity contribution in [3.05, 3.63) is 72.3 Å². The van der Waals surface area contributed by atoms with Gasteiger partial charge in [0.2, 0.25) is 0 Å². The van der Waals surface area contributed by atoms with Gasteiger partial charge in [-0.3, -0.25) is 4.98 Å². The maximum atomic E-state index is 4.47. The van der Waals surface area contributed by atoms with E-state index in [1.165, 1.54) is 0 Å². The van der Waals surface area contributed by atoms with Gasteiger partial charge in [0, 0.05) is 25.0 Å². The minimum absolute atomic E-state index is 0.223. The summed E-state index contributed by atoms with van der Waals surface area (Å²) in [4.78, 5) is 5.78. The Bertz CT molecular complexity index is 678. The van der Waals surface area contributed by atoms with Crippen molar-refractivity contribution in [2.24, 2.45) is 0 Å². The van der Waals surface area contributed by atoms with Crippen molar-refractivity contribution in [3.8, 4) is 5.69 Å². The molecule has 3 aromatic rings. The lowest BCUT2D eigenvalue weighted by Gasteiger charge is -2.12. The molecule has 0 amide bonds. The fourth-order valence-corrected chi connectivity index (χ4v) is 2.07. The molecular weight excluding hydrogens is 262 g/mol. The molecule has 3 rings (SSSR count). The summed E-state index contributed by atoms with van der Waals surface area (Å²) in [7, 11) is 0. The number of aromatic nitrogens is 4. The van der Waals surface area contributed by atoms with Crippen LogP contribution in [0.5, 0.6) is 0 Å². The Hall–Kier alpha value is -2.53. The minimum Gasteiger partial charge on any atom is -0.304 e.